The molecular weight excluding hydrogens is 604 g/mol. The summed E-state index contributed by atoms with van der Waals surface area (Å²) in [6, 6.07) is -1.18. The first-order valence-electron chi connectivity index (χ1n) is 12.0. The van der Waals surface area contributed by atoms with E-state index in [4.69, 9.17) is 34.9 Å². The fraction of sp³-hybridized carbons (Fsp3) is 0.417. The predicted octanol–water partition coefficient (Wildman–Crippen LogP) is -0.401. The number of nitrogens with zero attached hydrogens (tertiary/aromatic N) is 2. The molecule has 2 amide bonds. The summed E-state index contributed by atoms with van der Waals surface area (Å²) >= 11 is 6.50. The van der Waals surface area contributed by atoms with Crippen LogP contribution in [0, 0.1) is 11.8 Å². The molecule has 1 aromatic rings. The zero-order valence-electron chi connectivity index (χ0n) is 22.6. The van der Waals surface area contributed by atoms with Crippen LogP contribution in [0.2, 0.25) is 5.02 Å². The lowest BCUT2D eigenvalue weighted by Crippen LogP contribution is -2.65. The van der Waals surface area contributed by atoms with Crippen LogP contribution in [0.15, 0.2) is 16.9 Å². The van der Waals surface area contributed by atoms with Crippen LogP contribution in [0.3, 0.4) is 0 Å². The molecule has 3 aliphatic rings. The van der Waals surface area contributed by atoms with Gasteiger partial charge in [-0.15, -0.1) is 0 Å². The van der Waals surface area contributed by atoms with Crippen LogP contribution in [0.25, 0.3) is 5.76 Å². The number of carbonyl (C=O) groups excluding carboxylic acids is 4. The molecule has 0 saturated heterocycles. The van der Waals surface area contributed by atoms with Crippen LogP contribution < -0.4 is 16.0 Å². The van der Waals surface area contributed by atoms with Crippen LogP contribution in [0.1, 0.15) is 17.5 Å². The highest BCUT2D eigenvalue weighted by molar-refractivity contribution is 7.79. The number of ketones is 2. The van der Waals surface area contributed by atoms with Gasteiger partial charge in [0.25, 0.3) is 5.91 Å². The molecule has 3 aliphatic carbocycles. The number of nitrogens with one attached hydrogen (secondary N) is 1. The van der Waals surface area contributed by atoms with E-state index in [0.29, 0.717) is 11.3 Å². The summed E-state index contributed by atoms with van der Waals surface area (Å²) in [5.41, 5.74) is 1.79. The maximum absolute atomic E-state index is 13.9. The molecule has 230 valence electrons. The zero-order chi connectivity index (χ0) is 32.2. The van der Waals surface area contributed by atoms with E-state index in [-0.39, 0.29) is 41.1 Å². The van der Waals surface area contributed by atoms with Crippen LogP contribution in [-0.4, -0.2) is 107 Å². The molecule has 0 bridgehead atoms. The van der Waals surface area contributed by atoms with Crippen molar-refractivity contribution in [2.75, 3.05) is 38.4 Å². The first-order chi connectivity index (χ1) is 19.2. The molecule has 2 unspecified atom stereocenters. The Morgan fingerprint density at radius 2 is 1.69 bits per heavy atom. The van der Waals surface area contributed by atoms with Crippen molar-refractivity contribution in [1.29, 1.82) is 0 Å². The first-order valence-corrected chi connectivity index (χ1v) is 13.8. The number of benzene rings is 1. The number of carbonyl (C=O) groups is 4. The van der Waals surface area contributed by atoms with E-state index in [1.54, 1.807) is 19.0 Å². The maximum atomic E-state index is 13.9. The van der Waals surface area contributed by atoms with E-state index in [9.17, 15) is 39.6 Å². The van der Waals surface area contributed by atoms with Gasteiger partial charge in [0.15, 0.2) is 17.1 Å². The number of primary amides is 1. The van der Waals surface area contributed by atoms with Gasteiger partial charge in [-0.3, -0.25) is 33.2 Å². The van der Waals surface area contributed by atoms with Crippen LogP contribution in [-0.2, 0) is 36.0 Å². The number of fused-ring (bicyclic) bond motifs is 3. The molecule has 1 saturated carbocycles. The second-order valence-electron chi connectivity index (χ2n) is 10.3. The van der Waals surface area contributed by atoms with Crippen molar-refractivity contribution in [1.82, 2.24) is 4.90 Å². The van der Waals surface area contributed by atoms with Crippen LogP contribution in [0.5, 0.6) is 5.75 Å². The smallest absolute Gasteiger partial charge is 0.394 e. The molecule has 0 radical (unpaired) electrons. The van der Waals surface area contributed by atoms with Crippen molar-refractivity contribution in [2.24, 2.45) is 17.6 Å². The van der Waals surface area contributed by atoms with Gasteiger partial charge in [0.05, 0.1) is 22.3 Å². The van der Waals surface area contributed by atoms with Crippen molar-refractivity contribution in [3.63, 3.8) is 0 Å². The van der Waals surface area contributed by atoms with Crippen molar-refractivity contribution in [3.8, 4) is 5.75 Å². The fourth-order valence-corrected chi connectivity index (χ4v) is 6.41. The molecule has 4 rings (SSSR count). The van der Waals surface area contributed by atoms with Gasteiger partial charge in [-0.25, -0.2) is 0 Å². The molecule has 0 spiro atoms. The Morgan fingerprint density at radius 1 is 1.14 bits per heavy atom. The zero-order valence-corrected chi connectivity index (χ0v) is 24.2. The lowest BCUT2D eigenvalue weighted by atomic mass is 9.57. The summed E-state index contributed by atoms with van der Waals surface area (Å²) in [6.07, 6.45) is 0.304. The van der Waals surface area contributed by atoms with E-state index in [2.05, 4.69) is 5.32 Å². The Balaban J connectivity index is 0.000000892. The minimum atomic E-state index is -4.67. The number of phenols is 1. The summed E-state index contributed by atoms with van der Waals surface area (Å²) in [6.45, 7) is 0. The fourth-order valence-electron chi connectivity index (χ4n) is 5.98. The number of halogens is 1. The molecule has 4 atom stereocenters. The Labute approximate surface area is 244 Å². The summed E-state index contributed by atoms with van der Waals surface area (Å²) < 4.78 is 31.6. The summed E-state index contributed by atoms with van der Waals surface area (Å²) in [5.74, 6) is -7.63. The number of hydrogen-bond acceptors (Lipinski definition) is 12. The minimum absolute atomic E-state index is 0.00827. The Morgan fingerprint density at radius 3 is 2.14 bits per heavy atom. The second kappa shape index (κ2) is 11.2. The molecule has 0 aliphatic heterocycles. The van der Waals surface area contributed by atoms with E-state index in [1.807, 2.05) is 0 Å². The third kappa shape index (κ3) is 5.18. The normalized spacial score (nSPS) is 25.2. The number of amides is 2. The highest BCUT2D eigenvalue weighted by Crippen LogP contribution is 2.56. The van der Waals surface area contributed by atoms with Gasteiger partial charge >= 0.3 is 10.4 Å². The van der Waals surface area contributed by atoms with Gasteiger partial charge in [-0.2, -0.15) is 8.42 Å². The van der Waals surface area contributed by atoms with Crippen molar-refractivity contribution < 1.29 is 57.1 Å². The first kappa shape index (κ1) is 32.8. The van der Waals surface area contributed by atoms with Gasteiger partial charge < -0.3 is 36.4 Å². The topological polar surface area (TPSA) is 268 Å². The monoisotopic (exact) mass is 632 g/mol. The molecule has 1 aromatic carbocycles. The molecular formula is C24H29ClN4O12S. The minimum Gasteiger partial charge on any atom is -0.508 e. The molecule has 0 aromatic heterocycles. The Kier molecular flexibility index (Phi) is 8.71. The van der Waals surface area contributed by atoms with Crippen LogP contribution >= 0.6 is 11.6 Å². The molecule has 16 nitrogen and oxygen atoms in total. The summed E-state index contributed by atoms with van der Waals surface area (Å²) in [4.78, 5) is 53.3. The average molecular weight is 633 g/mol. The van der Waals surface area contributed by atoms with Crippen LogP contribution in [0.4, 0.5) is 11.4 Å². The number of hydrogen-bond donors (Lipinski definition) is 8. The highest BCUT2D eigenvalue weighted by Gasteiger charge is 2.64. The average Bonchev–Trinajstić information content (AvgIpc) is 2.82. The van der Waals surface area contributed by atoms with E-state index >= 15 is 0 Å². The van der Waals surface area contributed by atoms with Gasteiger partial charge in [-0.05, 0) is 38.4 Å². The van der Waals surface area contributed by atoms with Gasteiger partial charge in [-0.1, -0.05) is 11.6 Å². The SMILES string of the molecule is CN(C)c1c(Cl)c(NC=O)c(O)c2c1CC1CC3[C@H](N(C)C)C(=O)C(C(N)=O)=C(O)[C@@]3(O)C(=O)C1=C2O.O=S(=O)(O)O. The quantitative estimate of drug-likeness (QED) is 0.0888. The van der Waals surface area contributed by atoms with Gasteiger partial charge in [0.1, 0.15) is 22.8 Å². The second-order valence-corrected chi connectivity index (χ2v) is 11.6. The van der Waals surface area contributed by atoms with Gasteiger partial charge in [0.2, 0.25) is 12.2 Å². The van der Waals surface area contributed by atoms with E-state index in [1.165, 1.54) is 19.0 Å². The number of anilines is 2. The summed E-state index contributed by atoms with van der Waals surface area (Å²) in [5, 5.41) is 47.1. The van der Waals surface area contributed by atoms with Gasteiger partial charge in [0, 0.05) is 25.6 Å². The number of aliphatic hydroxyl groups is 3. The number of phenolic OH excluding ortho intramolecular Hbond substituents is 1. The number of likely N-dealkylation sites (N-methyl/N-ethyl adjacent to an activating group) is 1. The highest BCUT2D eigenvalue weighted by atomic mass is 35.5. The number of nitrogens with two attached hydrogens (primary N) is 1. The van der Waals surface area contributed by atoms with E-state index in [0.717, 1.165) is 0 Å². The molecule has 42 heavy (non-hydrogen) atoms. The van der Waals surface area contributed by atoms with E-state index < -0.39 is 74.2 Å². The molecule has 9 N–H and O–H groups in total. The van der Waals surface area contributed by atoms with Crippen molar-refractivity contribution >= 4 is 63.0 Å². The lowest BCUT2D eigenvalue weighted by molar-refractivity contribution is -0.153. The number of aliphatic hydroxyl groups excluding tert-OH is 2. The maximum Gasteiger partial charge on any atom is 0.394 e. The molecule has 0 heterocycles. The number of aromatic hydroxyl groups is 1. The van der Waals surface area contributed by atoms with Crippen molar-refractivity contribution in [3.05, 3.63) is 33.1 Å². The Bertz CT molecular complexity index is 1560. The largest absolute Gasteiger partial charge is 0.508 e. The summed E-state index contributed by atoms with van der Waals surface area (Å²) in [7, 11) is 1.72. The van der Waals surface area contributed by atoms with Crippen molar-refractivity contribution in [2.45, 2.75) is 24.5 Å². The standard InChI is InChI=1S/C24H27ClN4O8.H2O4S/c1-28(2)16-9-5-8-6-10-17(29(3)4)20(33)13(23(26)36)22(35)24(10,37)21(34)11(8)18(31)12(9)19(32)15(14(16)25)27-7-30;1-5(2,3)4/h7-8,10,17,31-32,35,37H,5-6H2,1-4H3,(H2,26,36)(H,27,30);(H2,1,2,3,4)/t8?,10?,17-,24-;/m0./s1. The molecule has 18 heteroatoms. The lowest BCUT2D eigenvalue weighted by Gasteiger charge is -2.50. The number of Topliss-reactive ketones (excluding diaryl/α,β-unsaturated/α-hetero) is 2. The molecule has 1 fully saturated rings. The Hall–Kier alpha value is -3.74. The third-order valence-electron chi connectivity index (χ3n) is 7.45. The predicted molar refractivity (Wildman–Crippen MR) is 147 cm³/mol. The number of rotatable bonds is 5. The third-order valence-corrected chi connectivity index (χ3v) is 7.82.